The maximum atomic E-state index is 12.4. The third-order valence-electron chi connectivity index (χ3n) is 3.16. The monoisotopic (exact) mass is 466 g/mol. The highest BCUT2D eigenvalue weighted by atomic mass is 127. The summed E-state index contributed by atoms with van der Waals surface area (Å²) in [4.78, 5) is 8.51. The van der Waals surface area contributed by atoms with Gasteiger partial charge in [0, 0.05) is 19.2 Å². The second-order valence-corrected chi connectivity index (χ2v) is 4.83. The molecule has 0 aliphatic heterocycles. The number of nitrogens with zero attached hydrogens (tertiary/aromatic N) is 4. The fourth-order valence-corrected chi connectivity index (χ4v) is 1.99. The highest BCUT2D eigenvalue weighted by Crippen LogP contribution is 2.20. The molecule has 0 saturated carbocycles. The van der Waals surface area contributed by atoms with Crippen LogP contribution in [-0.2, 0) is 20.1 Å². The molecular formula is C15H21F2IN6O. The van der Waals surface area contributed by atoms with E-state index in [4.69, 9.17) is 0 Å². The minimum atomic E-state index is -2.86. The zero-order valence-electron chi connectivity index (χ0n) is 13.9. The van der Waals surface area contributed by atoms with E-state index in [1.165, 1.54) is 12.4 Å². The first-order valence-corrected chi connectivity index (χ1v) is 7.48. The van der Waals surface area contributed by atoms with Crippen molar-refractivity contribution in [2.45, 2.75) is 26.6 Å². The summed E-state index contributed by atoms with van der Waals surface area (Å²) in [5, 5.41) is 10.2. The van der Waals surface area contributed by atoms with Crippen LogP contribution in [0.2, 0.25) is 0 Å². The van der Waals surface area contributed by atoms with Gasteiger partial charge in [-0.15, -0.1) is 24.0 Å². The molecule has 0 atom stereocenters. The van der Waals surface area contributed by atoms with E-state index in [2.05, 4.69) is 30.4 Å². The predicted octanol–water partition coefficient (Wildman–Crippen LogP) is 2.29. The molecule has 0 aliphatic carbocycles. The van der Waals surface area contributed by atoms with Gasteiger partial charge in [0.25, 0.3) is 0 Å². The third-order valence-corrected chi connectivity index (χ3v) is 3.16. The summed E-state index contributed by atoms with van der Waals surface area (Å²) in [7, 11) is 1.80. The topological polar surface area (TPSA) is 76.4 Å². The van der Waals surface area contributed by atoms with Crippen LogP contribution in [0.1, 0.15) is 18.3 Å². The molecule has 0 amide bonds. The molecule has 0 bridgehead atoms. The molecule has 138 valence electrons. The van der Waals surface area contributed by atoms with E-state index >= 15 is 0 Å². The number of benzene rings is 1. The van der Waals surface area contributed by atoms with Crippen molar-refractivity contribution in [3.63, 3.8) is 0 Å². The van der Waals surface area contributed by atoms with Crippen LogP contribution in [0.15, 0.2) is 35.6 Å². The lowest BCUT2D eigenvalue weighted by molar-refractivity contribution is -0.0504. The number of ether oxygens (including phenoxy) is 1. The van der Waals surface area contributed by atoms with Gasteiger partial charge >= 0.3 is 6.61 Å². The zero-order valence-corrected chi connectivity index (χ0v) is 16.3. The van der Waals surface area contributed by atoms with E-state index in [1.54, 1.807) is 29.9 Å². The van der Waals surface area contributed by atoms with E-state index in [1.807, 2.05) is 6.92 Å². The smallest absolute Gasteiger partial charge is 0.387 e. The summed E-state index contributed by atoms with van der Waals surface area (Å²) in [5.41, 5.74) is 0.577. The molecule has 0 spiro atoms. The van der Waals surface area contributed by atoms with Gasteiger partial charge in [0.2, 0.25) is 0 Å². The second-order valence-electron chi connectivity index (χ2n) is 4.83. The lowest BCUT2D eigenvalue weighted by Gasteiger charge is -2.12. The SMILES string of the molecule is CCNC(=NCc1ccccc1OC(F)F)NCc1ncnn1C.I. The first-order chi connectivity index (χ1) is 11.6. The van der Waals surface area contributed by atoms with Gasteiger partial charge in [0.05, 0.1) is 13.1 Å². The summed E-state index contributed by atoms with van der Waals surface area (Å²) >= 11 is 0. The van der Waals surface area contributed by atoms with E-state index in [0.717, 1.165) is 5.82 Å². The predicted molar refractivity (Wildman–Crippen MR) is 101 cm³/mol. The third kappa shape index (κ3) is 6.80. The van der Waals surface area contributed by atoms with Crippen LogP contribution in [0.25, 0.3) is 0 Å². The molecule has 2 aromatic rings. The van der Waals surface area contributed by atoms with Gasteiger partial charge in [-0.3, -0.25) is 4.68 Å². The largest absolute Gasteiger partial charge is 0.434 e. The van der Waals surface area contributed by atoms with Crippen LogP contribution in [-0.4, -0.2) is 33.9 Å². The van der Waals surface area contributed by atoms with Crippen LogP contribution in [0.3, 0.4) is 0 Å². The number of aromatic nitrogens is 3. The Balaban J connectivity index is 0.00000312. The molecule has 10 heteroatoms. The van der Waals surface area contributed by atoms with Crippen molar-refractivity contribution in [3.05, 3.63) is 42.0 Å². The molecule has 1 aromatic heterocycles. The number of aliphatic imine (C=N–C) groups is 1. The average molecular weight is 466 g/mol. The molecule has 2 rings (SSSR count). The fourth-order valence-electron chi connectivity index (χ4n) is 1.99. The molecule has 25 heavy (non-hydrogen) atoms. The minimum Gasteiger partial charge on any atom is -0.434 e. The first kappa shape index (κ1) is 21.1. The van der Waals surface area contributed by atoms with Crippen molar-refractivity contribution in [1.82, 2.24) is 25.4 Å². The van der Waals surface area contributed by atoms with Gasteiger partial charge in [0.15, 0.2) is 5.96 Å². The molecule has 2 N–H and O–H groups in total. The van der Waals surface area contributed by atoms with Crippen LogP contribution in [0.4, 0.5) is 8.78 Å². The van der Waals surface area contributed by atoms with Crippen molar-refractivity contribution in [1.29, 1.82) is 0 Å². The van der Waals surface area contributed by atoms with Crippen molar-refractivity contribution >= 4 is 29.9 Å². The lowest BCUT2D eigenvalue weighted by Crippen LogP contribution is -2.37. The molecule has 0 unspecified atom stereocenters. The fraction of sp³-hybridized carbons (Fsp3) is 0.400. The van der Waals surface area contributed by atoms with Crippen molar-refractivity contribution in [3.8, 4) is 5.75 Å². The molecule has 0 aliphatic rings. The average Bonchev–Trinajstić information content (AvgIpc) is 2.96. The number of para-hydroxylation sites is 1. The summed E-state index contributed by atoms with van der Waals surface area (Å²) in [6.45, 7) is 0.388. The Morgan fingerprint density at radius 1 is 1.32 bits per heavy atom. The number of alkyl halides is 2. The van der Waals surface area contributed by atoms with Crippen LogP contribution in [0, 0.1) is 0 Å². The molecular weight excluding hydrogens is 445 g/mol. The second kappa shape index (κ2) is 10.8. The lowest BCUT2D eigenvalue weighted by atomic mass is 10.2. The standard InChI is InChI=1S/C15H20F2N6O.HI/c1-3-18-15(20-9-13-21-10-22-23(13)2)19-8-11-6-4-5-7-12(11)24-14(16)17;/h4-7,10,14H,3,8-9H2,1-2H3,(H2,18,19,20);1H. The Morgan fingerprint density at radius 3 is 2.72 bits per heavy atom. The zero-order chi connectivity index (χ0) is 17.4. The maximum Gasteiger partial charge on any atom is 0.387 e. The number of aryl methyl sites for hydroxylation is 1. The highest BCUT2D eigenvalue weighted by Gasteiger charge is 2.09. The Bertz CT molecular complexity index is 680. The number of hydrogen-bond donors (Lipinski definition) is 2. The van der Waals surface area contributed by atoms with E-state index in [9.17, 15) is 8.78 Å². The number of guanidine groups is 1. The van der Waals surface area contributed by atoms with Gasteiger partial charge < -0.3 is 15.4 Å². The Kier molecular flexibility index (Phi) is 9.10. The highest BCUT2D eigenvalue weighted by molar-refractivity contribution is 14.0. The summed E-state index contributed by atoms with van der Waals surface area (Å²) < 4.78 is 31.0. The Morgan fingerprint density at radius 2 is 2.08 bits per heavy atom. The minimum absolute atomic E-state index is 0. The van der Waals surface area contributed by atoms with Gasteiger partial charge in [0.1, 0.15) is 17.9 Å². The van der Waals surface area contributed by atoms with Crippen molar-refractivity contribution in [2.75, 3.05) is 6.54 Å². The molecule has 1 aromatic carbocycles. The van der Waals surface area contributed by atoms with E-state index in [-0.39, 0.29) is 36.3 Å². The van der Waals surface area contributed by atoms with E-state index < -0.39 is 6.61 Å². The van der Waals surface area contributed by atoms with Gasteiger partial charge in [-0.1, -0.05) is 18.2 Å². The van der Waals surface area contributed by atoms with Gasteiger partial charge in [-0.2, -0.15) is 13.9 Å². The van der Waals surface area contributed by atoms with E-state index in [0.29, 0.717) is 24.6 Å². The Labute approximate surface area is 161 Å². The molecule has 1 heterocycles. The normalized spacial score (nSPS) is 11.2. The van der Waals surface area contributed by atoms with Gasteiger partial charge in [-0.05, 0) is 13.0 Å². The first-order valence-electron chi connectivity index (χ1n) is 7.48. The van der Waals surface area contributed by atoms with Crippen LogP contribution < -0.4 is 15.4 Å². The summed E-state index contributed by atoms with van der Waals surface area (Å²) in [6.07, 6.45) is 1.47. The molecule has 0 saturated heterocycles. The Hall–Kier alpha value is -1.98. The van der Waals surface area contributed by atoms with Crippen LogP contribution in [0.5, 0.6) is 5.75 Å². The number of rotatable bonds is 7. The molecule has 0 fully saturated rings. The van der Waals surface area contributed by atoms with Crippen molar-refractivity contribution in [2.24, 2.45) is 12.0 Å². The quantitative estimate of drug-likeness (QED) is 0.372. The number of nitrogens with one attached hydrogen (secondary N) is 2. The molecule has 7 nitrogen and oxygen atoms in total. The maximum absolute atomic E-state index is 12.4. The summed E-state index contributed by atoms with van der Waals surface area (Å²) in [6, 6.07) is 6.59. The molecule has 0 radical (unpaired) electrons. The van der Waals surface area contributed by atoms with Gasteiger partial charge in [-0.25, -0.2) is 9.98 Å². The number of halogens is 3. The van der Waals surface area contributed by atoms with Crippen LogP contribution >= 0.6 is 24.0 Å². The summed E-state index contributed by atoms with van der Waals surface area (Å²) in [5.74, 6) is 1.43. The van der Waals surface area contributed by atoms with Crippen molar-refractivity contribution < 1.29 is 13.5 Å². The number of hydrogen-bond acceptors (Lipinski definition) is 4.